The molecule has 0 radical (unpaired) electrons. The molecule has 0 unspecified atom stereocenters. The van der Waals surface area contributed by atoms with Crippen LogP contribution in [0.2, 0.25) is 0 Å². The number of primary amides is 2. The fraction of sp³-hybridized carbons (Fsp3) is 0.263. The number of aromatic nitrogens is 1. The Morgan fingerprint density at radius 3 is 2.55 bits per heavy atom. The number of nitrogens with one attached hydrogen (secondary N) is 2. The van der Waals surface area contributed by atoms with Crippen LogP contribution in [0.3, 0.4) is 0 Å². The summed E-state index contributed by atoms with van der Waals surface area (Å²) in [5.74, 6) is -1.99. The van der Waals surface area contributed by atoms with Gasteiger partial charge in [-0.25, -0.2) is 4.99 Å². The largest absolute Gasteiger partial charge is 0.368 e. The lowest BCUT2D eigenvalue weighted by Gasteiger charge is -2.13. The number of guanidine groups is 1. The molecular formula is C19H24N8O2. The Morgan fingerprint density at radius 2 is 1.93 bits per heavy atom. The van der Waals surface area contributed by atoms with E-state index in [4.69, 9.17) is 22.6 Å². The van der Waals surface area contributed by atoms with Gasteiger partial charge in [0.15, 0.2) is 11.5 Å². The number of pyridine rings is 1. The summed E-state index contributed by atoms with van der Waals surface area (Å²) in [6.45, 7) is 3.82. The van der Waals surface area contributed by atoms with Crippen molar-refractivity contribution in [3.05, 3.63) is 36.5 Å². The molecule has 10 heteroatoms. The zero-order valence-corrected chi connectivity index (χ0v) is 16.2. The van der Waals surface area contributed by atoms with Crippen LogP contribution in [0.4, 0.5) is 5.69 Å². The summed E-state index contributed by atoms with van der Waals surface area (Å²) in [7, 11) is 0. The third-order valence-electron chi connectivity index (χ3n) is 3.89. The normalized spacial score (nSPS) is 13.3. The number of rotatable bonds is 7. The average Bonchev–Trinajstić information content (AvgIpc) is 2.65. The Labute approximate surface area is 167 Å². The molecule has 0 spiro atoms. The zero-order valence-electron chi connectivity index (χ0n) is 16.2. The van der Waals surface area contributed by atoms with E-state index in [1.165, 1.54) is 0 Å². The van der Waals surface area contributed by atoms with Crippen LogP contribution in [0.25, 0.3) is 10.9 Å². The Hall–Kier alpha value is -3.82. The summed E-state index contributed by atoms with van der Waals surface area (Å²) in [5, 5.41) is 11.6. The molecule has 10 nitrogen and oxygen atoms in total. The highest BCUT2D eigenvalue weighted by Crippen LogP contribution is 2.17. The maximum Gasteiger partial charge on any atom is 0.270 e. The van der Waals surface area contributed by atoms with Gasteiger partial charge in [0.1, 0.15) is 6.04 Å². The van der Waals surface area contributed by atoms with Crippen molar-refractivity contribution in [2.45, 2.75) is 26.3 Å². The van der Waals surface area contributed by atoms with Gasteiger partial charge in [-0.05, 0) is 36.6 Å². The van der Waals surface area contributed by atoms with Gasteiger partial charge in [0.05, 0.1) is 5.52 Å². The molecular weight excluding hydrogens is 372 g/mol. The molecule has 1 aromatic carbocycles. The van der Waals surface area contributed by atoms with Crippen LogP contribution in [0.15, 0.2) is 46.5 Å². The standard InChI is InChI=1S/C19H24N8O2/c1-10(2)8-14(16(21)28)26-19(23)27-18(15(20)17(22)29)25-12-5-6-13-11(9-12)4-3-7-24-13/h3-7,9-10,14,20H,8H2,1-2H3,(H2,21,28)(H2,22,29)(H3,23,25,26,27)/t14-/m1/s1. The molecule has 2 rings (SSSR count). The second kappa shape index (κ2) is 9.40. The van der Waals surface area contributed by atoms with E-state index in [1.54, 1.807) is 30.5 Å². The number of anilines is 1. The fourth-order valence-electron chi connectivity index (χ4n) is 2.54. The van der Waals surface area contributed by atoms with Gasteiger partial charge in [-0.1, -0.05) is 19.9 Å². The third kappa shape index (κ3) is 6.09. The summed E-state index contributed by atoms with van der Waals surface area (Å²) in [4.78, 5) is 35.3. The van der Waals surface area contributed by atoms with Crippen molar-refractivity contribution in [2.24, 2.45) is 33.1 Å². The molecule has 8 N–H and O–H groups in total. The van der Waals surface area contributed by atoms with Gasteiger partial charge in [-0.2, -0.15) is 4.99 Å². The van der Waals surface area contributed by atoms with E-state index in [9.17, 15) is 9.59 Å². The Kier molecular flexibility index (Phi) is 6.96. The minimum Gasteiger partial charge on any atom is -0.368 e. The summed E-state index contributed by atoms with van der Waals surface area (Å²) >= 11 is 0. The molecule has 0 fully saturated rings. The molecule has 2 aromatic rings. The van der Waals surface area contributed by atoms with Gasteiger partial charge >= 0.3 is 0 Å². The van der Waals surface area contributed by atoms with Crippen molar-refractivity contribution in [2.75, 3.05) is 5.32 Å². The number of amides is 2. The van der Waals surface area contributed by atoms with Gasteiger partial charge < -0.3 is 22.5 Å². The molecule has 0 aliphatic rings. The first-order valence-corrected chi connectivity index (χ1v) is 8.89. The van der Waals surface area contributed by atoms with E-state index in [2.05, 4.69) is 20.3 Å². The minimum atomic E-state index is -1.000. The van der Waals surface area contributed by atoms with Crippen molar-refractivity contribution >= 4 is 45.9 Å². The topological polar surface area (TPSA) is 186 Å². The molecule has 0 saturated carbocycles. The van der Waals surface area contributed by atoms with Crippen molar-refractivity contribution in [1.82, 2.24) is 4.98 Å². The summed E-state index contributed by atoms with van der Waals surface area (Å²) in [6.07, 6.45) is 2.06. The van der Waals surface area contributed by atoms with Gasteiger partial charge in [0.2, 0.25) is 11.9 Å². The number of amidine groups is 1. The molecule has 0 aliphatic carbocycles. The number of carbonyl (C=O) groups is 2. The first kappa shape index (κ1) is 21.5. The number of nitrogens with two attached hydrogens (primary N) is 3. The number of hydrogen-bond acceptors (Lipinski definition) is 5. The molecule has 0 bridgehead atoms. The van der Waals surface area contributed by atoms with Crippen molar-refractivity contribution < 1.29 is 9.59 Å². The Morgan fingerprint density at radius 1 is 1.21 bits per heavy atom. The summed E-state index contributed by atoms with van der Waals surface area (Å²) in [5.41, 5.74) is 17.1. The zero-order chi connectivity index (χ0) is 21.6. The van der Waals surface area contributed by atoms with Crippen LogP contribution < -0.4 is 22.5 Å². The number of aliphatic imine (C=N–C) groups is 2. The lowest BCUT2D eigenvalue weighted by atomic mass is 10.0. The number of fused-ring (bicyclic) bond motifs is 1. The van der Waals surface area contributed by atoms with Gasteiger partial charge in [0.25, 0.3) is 5.91 Å². The molecule has 2 amide bonds. The van der Waals surface area contributed by atoms with Gasteiger partial charge in [-0.3, -0.25) is 20.0 Å². The van der Waals surface area contributed by atoms with Crippen LogP contribution in [-0.2, 0) is 9.59 Å². The summed E-state index contributed by atoms with van der Waals surface area (Å²) < 4.78 is 0. The van der Waals surface area contributed by atoms with E-state index in [1.807, 2.05) is 19.9 Å². The smallest absolute Gasteiger partial charge is 0.270 e. The Bertz CT molecular complexity index is 997. The number of nitrogens with zero attached hydrogens (tertiary/aromatic N) is 3. The third-order valence-corrected chi connectivity index (χ3v) is 3.89. The predicted molar refractivity (Wildman–Crippen MR) is 114 cm³/mol. The lowest BCUT2D eigenvalue weighted by molar-refractivity contribution is -0.119. The van der Waals surface area contributed by atoms with E-state index in [0.29, 0.717) is 12.1 Å². The van der Waals surface area contributed by atoms with Crippen LogP contribution in [0.5, 0.6) is 0 Å². The van der Waals surface area contributed by atoms with Crippen LogP contribution >= 0.6 is 0 Å². The molecule has 0 saturated heterocycles. The SMILES string of the molecule is CC(C)C[C@@H](N=C(N)/N=C(/Nc1ccc2ncccc2c1)C(=N)C(N)=O)C(N)=O. The quantitative estimate of drug-likeness (QED) is 0.341. The minimum absolute atomic E-state index is 0.153. The van der Waals surface area contributed by atoms with Crippen LogP contribution in [-0.4, -0.2) is 40.3 Å². The number of hydrogen-bond donors (Lipinski definition) is 5. The monoisotopic (exact) mass is 396 g/mol. The maximum absolute atomic E-state index is 11.6. The van der Waals surface area contributed by atoms with Crippen LogP contribution in [0, 0.1) is 11.3 Å². The lowest BCUT2D eigenvalue weighted by Crippen LogP contribution is -2.36. The second-order valence-electron chi connectivity index (χ2n) is 6.77. The number of benzene rings is 1. The molecule has 1 heterocycles. The van der Waals surface area contributed by atoms with E-state index in [0.717, 1.165) is 10.9 Å². The summed E-state index contributed by atoms with van der Waals surface area (Å²) in [6, 6.07) is 8.03. The fourth-order valence-corrected chi connectivity index (χ4v) is 2.54. The van der Waals surface area contributed by atoms with Gasteiger partial charge in [-0.15, -0.1) is 0 Å². The average molecular weight is 396 g/mol. The van der Waals surface area contributed by atoms with Crippen molar-refractivity contribution in [3.8, 4) is 0 Å². The highest BCUT2D eigenvalue weighted by molar-refractivity contribution is 6.67. The number of carbonyl (C=O) groups excluding carboxylic acids is 2. The first-order chi connectivity index (χ1) is 13.7. The Balaban J connectivity index is 2.37. The van der Waals surface area contributed by atoms with E-state index in [-0.39, 0.29) is 17.7 Å². The van der Waals surface area contributed by atoms with Crippen molar-refractivity contribution in [3.63, 3.8) is 0 Å². The highest BCUT2D eigenvalue weighted by atomic mass is 16.1. The highest BCUT2D eigenvalue weighted by Gasteiger charge is 2.18. The molecule has 29 heavy (non-hydrogen) atoms. The first-order valence-electron chi connectivity index (χ1n) is 8.89. The van der Waals surface area contributed by atoms with Crippen molar-refractivity contribution in [1.29, 1.82) is 5.41 Å². The van der Waals surface area contributed by atoms with Gasteiger partial charge in [0, 0.05) is 17.3 Å². The maximum atomic E-state index is 11.6. The molecule has 1 atom stereocenters. The molecule has 1 aromatic heterocycles. The van der Waals surface area contributed by atoms with E-state index < -0.39 is 23.6 Å². The van der Waals surface area contributed by atoms with Crippen LogP contribution in [0.1, 0.15) is 20.3 Å². The second-order valence-corrected chi connectivity index (χ2v) is 6.77. The predicted octanol–water partition coefficient (Wildman–Crippen LogP) is 0.765. The molecule has 152 valence electrons. The molecule has 0 aliphatic heterocycles. The van der Waals surface area contributed by atoms with E-state index >= 15 is 0 Å².